The number of carbonyl (C=O) groups excluding carboxylic acids is 1. The van der Waals surface area contributed by atoms with Gasteiger partial charge in [-0.15, -0.1) is 0 Å². The lowest BCUT2D eigenvalue weighted by molar-refractivity contribution is 0.0953. The highest BCUT2D eigenvalue weighted by Crippen LogP contribution is 2.13. The van der Waals surface area contributed by atoms with Gasteiger partial charge in [0.1, 0.15) is 12.4 Å². The first-order valence-corrected chi connectivity index (χ1v) is 6.88. The number of benzene rings is 1. The summed E-state index contributed by atoms with van der Waals surface area (Å²) < 4.78 is 7.20. The molecule has 0 unspecified atom stereocenters. The number of nitrogens with one attached hydrogen (secondary N) is 1. The average molecular weight is 293 g/mol. The van der Waals surface area contributed by atoms with E-state index < -0.39 is 0 Å². The molecule has 1 heterocycles. The number of hydrogen-bond donors (Lipinski definition) is 2. The van der Waals surface area contributed by atoms with Crippen LogP contribution in [-0.4, -0.2) is 17.1 Å². The topological polar surface area (TPSA) is 86.3 Å². The highest BCUT2D eigenvalue weighted by Gasteiger charge is 2.05. The Balaban J connectivity index is 1.98. The number of hydrogen-bond acceptors (Lipinski definition) is 5. The molecule has 20 heavy (non-hydrogen) atoms. The van der Waals surface area contributed by atoms with Crippen LogP contribution in [0.2, 0.25) is 0 Å². The van der Waals surface area contributed by atoms with Crippen molar-refractivity contribution in [3.63, 3.8) is 0 Å². The Labute approximate surface area is 119 Å². The minimum atomic E-state index is -0.375. The van der Waals surface area contributed by atoms with Gasteiger partial charge in [-0.3, -0.25) is 19.6 Å². The molecule has 0 saturated heterocycles. The minimum Gasteiger partial charge on any atom is -0.492 e. The van der Waals surface area contributed by atoms with Crippen molar-refractivity contribution in [2.24, 2.45) is 5.84 Å². The molecule has 0 aliphatic heterocycles. The van der Waals surface area contributed by atoms with E-state index in [2.05, 4.69) is 5.43 Å². The Morgan fingerprint density at radius 1 is 1.50 bits per heavy atom. The third kappa shape index (κ3) is 3.25. The van der Waals surface area contributed by atoms with Gasteiger partial charge in [0, 0.05) is 16.6 Å². The average Bonchev–Trinajstić information content (AvgIpc) is 2.78. The summed E-state index contributed by atoms with van der Waals surface area (Å²) in [6, 6.07) is 6.70. The molecule has 3 N–H and O–H groups in total. The molecule has 1 aromatic heterocycles. The van der Waals surface area contributed by atoms with Crippen LogP contribution in [0, 0.1) is 6.92 Å². The van der Waals surface area contributed by atoms with Gasteiger partial charge in [0.25, 0.3) is 5.91 Å². The van der Waals surface area contributed by atoms with Crippen molar-refractivity contribution in [1.29, 1.82) is 0 Å². The van der Waals surface area contributed by atoms with Gasteiger partial charge >= 0.3 is 4.87 Å². The zero-order valence-electron chi connectivity index (χ0n) is 11.0. The number of amides is 1. The van der Waals surface area contributed by atoms with E-state index in [-0.39, 0.29) is 10.8 Å². The summed E-state index contributed by atoms with van der Waals surface area (Å²) >= 11 is 1.17. The fraction of sp³-hybridized carbons (Fsp3) is 0.231. The van der Waals surface area contributed by atoms with Crippen molar-refractivity contribution >= 4 is 17.2 Å². The molecule has 0 fully saturated rings. The molecule has 1 amide bonds. The first-order valence-electron chi connectivity index (χ1n) is 6.00. The normalized spacial score (nSPS) is 10.3. The SMILES string of the molecule is Cc1csc(=O)n1CCOc1cccc(C(=O)NN)c1. The Morgan fingerprint density at radius 2 is 2.30 bits per heavy atom. The van der Waals surface area contributed by atoms with Crippen LogP contribution in [0.1, 0.15) is 16.1 Å². The monoisotopic (exact) mass is 293 g/mol. The van der Waals surface area contributed by atoms with Crippen LogP contribution < -0.4 is 20.9 Å². The number of ether oxygens (including phenoxy) is 1. The number of nitrogen functional groups attached to an aromatic ring is 1. The second-order valence-corrected chi connectivity index (χ2v) is 4.97. The van der Waals surface area contributed by atoms with E-state index in [1.165, 1.54) is 11.3 Å². The van der Waals surface area contributed by atoms with Crippen LogP contribution in [0.3, 0.4) is 0 Å². The Hall–Kier alpha value is -2.12. The molecule has 0 bridgehead atoms. The fourth-order valence-electron chi connectivity index (χ4n) is 1.74. The van der Waals surface area contributed by atoms with E-state index in [0.717, 1.165) is 5.69 Å². The van der Waals surface area contributed by atoms with Crippen molar-refractivity contribution in [2.45, 2.75) is 13.5 Å². The van der Waals surface area contributed by atoms with Crippen molar-refractivity contribution in [2.75, 3.05) is 6.61 Å². The molecule has 106 valence electrons. The third-order valence-corrected chi connectivity index (χ3v) is 3.67. The van der Waals surface area contributed by atoms with E-state index in [4.69, 9.17) is 10.6 Å². The van der Waals surface area contributed by atoms with Gasteiger partial charge in [-0.1, -0.05) is 17.4 Å². The van der Waals surface area contributed by atoms with Crippen LogP contribution in [0.15, 0.2) is 34.4 Å². The van der Waals surface area contributed by atoms with E-state index >= 15 is 0 Å². The highest BCUT2D eigenvalue weighted by molar-refractivity contribution is 7.07. The van der Waals surface area contributed by atoms with Gasteiger partial charge in [0.2, 0.25) is 0 Å². The number of rotatable bonds is 5. The van der Waals surface area contributed by atoms with Crippen molar-refractivity contribution in [3.05, 3.63) is 50.6 Å². The molecule has 7 heteroatoms. The lowest BCUT2D eigenvalue weighted by atomic mass is 10.2. The molecule has 0 spiro atoms. The smallest absolute Gasteiger partial charge is 0.307 e. The van der Waals surface area contributed by atoms with Crippen LogP contribution in [0.25, 0.3) is 0 Å². The fourth-order valence-corrected chi connectivity index (χ4v) is 2.50. The molecule has 0 radical (unpaired) electrons. The first-order chi connectivity index (χ1) is 9.61. The number of nitrogens with two attached hydrogens (primary N) is 1. The number of nitrogens with zero attached hydrogens (tertiary/aromatic N) is 1. The zero-order valence-corrected chi connectivity index (χ0v) is 11.8. The van der Waals surface area contributed by atoms with E-state index in [9.17, 15) is 9.59 Å². The Kier molecular flexibility index (Phi) is 4.54. The van der Waals surface area contributed by atoms with Gasteiger partial charge in [0.05, 0.1) is 6.54 Å². The second kappa shape index (κ2) is 6.36. The van der Waals surface area contributed by atoms with Crippen LogP contribution >= 0.6 is 11.3 Å². The van der Waals surface area contributed by atoms with E-state index in [1.807, 2.05) is 12.3 Å². The van der Waals surface area contributed by atoms with E-state index in [1.54, 1.807) is 28.8 Å². The predicted octanol–water partition coefficient (Wildman–Crippen LogP) is 0.901. The molecular weight excluding hydrogens is 278 g/mol. The zero-order chi connectivity index (χ0) is 14.5. The maximum atomic E-state index is 11.5. The number of carbonyl (C=O) groups is 1. The summed E-state index contributed by atoms with van der Waals surface area (Å²) in [6.45, 7) is 2.71. The molecule has 6 nitrogen and oxygen atoms in total. The molecule has 0 aliphatic rings. The van der Waals surface area contributed by atoms with Crippen LogP contribution in [0.5, 0.6) is 5.75 Å². The molecule has 0 atom stereocenters. The second-order valence-electron chi connectivity index (χ2n) is 4.14. The molecule has 2 rings (SSSR count). The molecule has 2 aromatic rings. The Morgan fingerprint density at radius 3 is 2.95 bits per heavy atom. The van der Waals surface area contributed by atoms with E-state index in [0.29, 0.717) is 24.5 Å². The molecule has 0 aliphatic carbocycles. The lowest BCUT2D eigenvalue weighted by Crippen LogP contribution is -2.29. The summed E-state index contributed by atoms with van der Waals surface area (Å²) in [4.78, 5) is 22.9. The van der Waals surface area contributed by atoms with Gasteiger partial charge < -0.3 is 4.74 Å². The summed E-state index contributed by atoms with van der Waals surface area (Å²) in [5.74, 6) is 5.26. The highest BCUT2D eigenvalue weighted by atomic mass is 32.1. The van der Waals surface area contributed by atoms with Gasteiger partial charge in [-0.25, -0.2) is 5.84 Å². The predicted molar refractivity (Wildman–Crippen MR) is 76.9 cm³/mol. The van der Waals surface area contributed by atoms with Crippen molar-refractivity contribution < 1.29 is 9.53 Å². The summed E-state index contributed by atoms with van der Waals surface area (Å²) in [7, 11) is 0. The molecule has 1 aromatic carbocycles. The van der Waals surface area contributed by atoms with Crippen molar-refractivity contribution in [3.8, 4) is 5.75 Å². The summed E-state index contributed by atoms with van der Waals surface area (Å²) in [6.07, 6.45) is 0. The quantitative estimate of drug-likeness (QED) is 0.487. The maximum absolute atomic E-state index is 11.5. The molecule has 0 saturated carbocycles. The largest absolute Gasteiger partial charge is 0.492 e. The lowest BCUT2D eigenvalue weighted by Gasteiger charge is -2.08. The number of aromatic nitrogens is 1. The standard InChI is InChI=1S/C13H15N3O3S/c1-9-8-20-13(18)16(9)5-6-19-11-4-2-3-10(7-11)12(17)15-14/h2-4,7-8H,5-6,14H2,1H3,(H,15,17). The minimum absolute atomic E-state index is 0.00219. The Bertz CT molecular complexity index is 663. The summed E-state index contributed by atoms with van der Waals surface area (Å²) in [5.41, 5.74) is 3.40. The number of thiazole rings is 1. The summed E-state index contributed by atoms with van der Waals surface area (Å²) in [5, 5.41) is 1.81. The number of aryl methyl sites for hydroxylation is 1. The van der Waals surface area contributed by atoms with Gasteiger partial charge in [-0.2, -0.15) is 0 Å². The number of hydrazine groups is 1. The first kappa shape index (κ1) is 14.3. The third-order valence-electron chi connectivity index (χ3n) is 2.79. The van der Waals surface area contributed by atoms with Gasteiger partial charge in [-0.05, 0) is 25.1 Å². The van der Waals surface area contributed by atoms with Gasteiger partial charge in [0.15, 0.2) is 0 Å². The van der Waals surface area contributed by atoms with Crippen LogP contribution in [-0.2, 0) is 6.54 Å². The van der Waals surface area contributed by atoms with Crippen molar-refractivity contribution in [1.82, 2.24) is 9.99 Å². The van der Waals surface area contributed by atoms with Crippen LogP contribution in [0.4, 0.5) is 0 Å². The molecular formula is C13H15N3O3S. The maximum Gasteiger partial charge on any atom is 0.307 e.